The second kappa shape index (κ2) is 4.97. The summed E-state index contributed by atoms with van der Waals surface area (Å²) < 4.78 is 37.5. The molecule has 1 saturated heterocycles. The lowest BCUT2D eigenvalue weighted by Gasteiger charge is -2.15. The van der Waals surface area contributed by atoms with Gasteiger partial charge in [0.05, 0.1) is 5.56 Å². The highest BCUT2D eigenvalue weighted by atomic mass is 35.5. The van der Waals surface area contributed by atoms with Gasteiger partial charge in [-0.15, -0.1) is 0 Å². The van der Waals surface area contributed by atoms with Crippen LogP contribution < -0.4 is 5.32 Å². The third-order valence-corrected chi connectivity index (χ3v) is 3.45. The predicted molar refractivity (Wildman–Crippen MR) is 62.8 cm³/mol. The molecule has 1 fully saturated rings. The molecule has 0 bridgehead atoms. The SMILES string of the molecule is Oc1cc(C(F)(F)F)cc(Cl)c1CC1CCCN1. The monoisotopic (exact) mass is 279 g/mol. The molecule has 0 saturated carbocycles. The van der Waals surface area contributed by atoms with Gasteiger partial charge in [0.2, 0.25) is 0 Å². The van der Waals surface area contributed by atoms with Crippen LogP contribution in [0, 0.1) is 0 Å². The number of phenols is 1. The molecule has 1 aromatic carbocycles. The molecule has 1 unspecified atom stereocenters. The molecule has 0 amide bonds. The van der Waals surface area contributed by atoms with E-state index in [2.05, 4.69) is 5.32 Å². The Morgan fingerprint density at radius 2 is 2.11 bits per heavy atom. The number of phenolic OH excluding ortho intramolecular Hbond substituents is 1. The van der Waals surface area contributed by atoms with Crippen LogP contribution in [0.2, 0.25) is 5.02 Å². The largest absolute Gasteiger partial charge is 0.508 e. The van der Waals surface area contributed by atoms with Gasteiger partial charge in [-0.1, -0.05) is 11.6 Å². The summed E-state index contributed by atoms with van der Waals surface area (Å²) in [6.45, 7) is 0.893. The molecular weight excluding hydrogens is 267 g/mol. The minimum absolute atomic E-state index is 0.0315. The summed E-state index contributed by atoms with van der Waals surface area (Å²) >= 11 is 5.83. The average molecular weight is 280 g/mol. The van der Waals surface area contributed by atoms with Crippen LogP contribution in [0.1, 0.15) is 24.0 Å². The van der Waals surface area contributed by atoms with Gasteiger partial charge in [-0.25, -0.2) is 0 Å². The van der Waals surface area contributed by atoms with Crippen LogP contribution >= 0.6 is 11.6 Å². The molecule has 0 radical (unpaired) electrons. The van der Waals surface area contributed by atoms with Crippen molar-refractivity contribution >= 4 is 11.6 Å². The maximum atomic E-state index is 12.5. The van der Waals surface area contributed by atoms with Crippen LogP contribution in [0.15, 0.2) is 12.1 Å². The summed E-state index contributed by atoms with van der Waals surface area (Å²) in [6, 6.07) is 1.77. The molecule has 1 aromatic rings. The maximum absolute atomic E-state index is 12.5. The van der Waals surface area contributed by atoms with E-state index in [9.17, 15) is 18.3 Å². The summed E-state index contributed by atoms with van der Waals surface area (Å²) in [7, 11) is 0. The third-order valence-electron chi connectivity index (χ3n) is 3.11. The van der Waals surface area contributed by atoms with E-state index in [1.54, 1.807) is 0 Å². The van der Waals surface area contributed by atoms with Gasteiger partial charge >= 0.3 is 6.18 Å². The Balaban J connectivity index is 2.26. The molecule has 100 valence electrons. The van der Waals surface area contributed by atoms with Gasteiger partial charge in [-0.05, 0) is 37.9 Å². The van der Waals surface area contributed by atoms with E-state index in [1.807, 2.05) is 0 Å². The topological polar surface area (TPSA) is 32.3 Å². The van der Waals surface area contributed by atoms with Crippen molar-refractivity contribution in [3.05, 3.63) is 28.3 Å². The molecule has 1 heterocycles. The van der Waals surface area contributed by atoms with E-state index in [1.165, 1.54) is 0 Å². The molecule has 2 nitrogen and oxygen atoms in total. The maximum Gasteiger partial charge on any atom is 0.416 e. The molecule has 1 atom stereocenters. The number of alkyl halides is 3. The zero-order valence-electron chi connectivity index (χ0n) is 9.52. The normalized spacial score (nSPS) is 20.3. The molecular formula is C12H13ClF3NO. The Morgan fingerprint density at radius 1 is 1.39 bits per heavy atom. The summed E-state index contributed by atoms with van der Waals surface area (Å²) in [6.07, 6.45) is -2.07. The van der Waals surface area contributed by atoms with Crippen molar-refractivity contribution in [2.24, 2.45) is 0 Å². The van der Waals surface area contributed by atoms with E-state index in [0.717, 1.165) is 31.5 Å². The van der Waals surface area contributed by atoms with Crippen molar-refractivity contribution in [1.29, 1.82) is 0 Å². The van der Waals surface area contributed by atoms with Crippen LogP contribution in [0.25, 0.3) is 0 Å². The van der Waals surface area contributed by atoms with Crippen molar-refractivity contribution in [3.8, 4) is 5.75 Å². The molecule has 0 aromatic heterocycles. The van der Waals surface area contributed by atoms with Gasteiger partial charge in [-0.2, -0.15) is 13.2 Å². The van der Waals surface area contributed by atoms with Crippen LogP contribution in [-0.4, -0.2) is 17.7 Å². The lowest BCUT2D eigenvalue weighted by molar-refractivity contribution is -0.137. The van der Waals surface area contributed by atoms with Gasteiger partial charge < -0.3 is 10.4 Å². The number of hydrogen-bond acceptors (Lipinski definition) is 2. The molecule has 0 aliphatic carbocycles. The fraction of sp³-hybridized carbons (Fsp3) is 0.500. The number of rotatable bonds is 2. The Kier molecular flexibility index (Phi) is 3.73. The number of halogens is 4. The minimum Gasteiger partial charge on any atom is -0.508 e. The van der Waals surface area contributed by atoms with Crippen molar-refractivity contribution in [2.45, 2.75) is 31.5 Å². The Hall–Kier alpha value is -0.940. The number of hydrogen-bond donors (Lipinski definition) is 2. The van der Waals surface area contributed by atoms with Gasteiger partial charge in [0.15, 0.2) is 0 Å². The van der Waals surface area contributed by atoms with E-state index in [0.29, 0.717) is 12.0 Å². The number of nitrogens with one attached hydrogen (secondary N) is 1. The first-order chi connectivity index (χ1) is 8.38. The first-order valence-electron chi connectivity index (χ1n) is 5.70. The van der Waals surface area contributed by atoms with E-state index >= 15 is 0 Å². The average Bonchev–Trinajstić information content (AvgIpc) is 2.74. The molecule has 6 heteroatoms. The number of aromatic hydroxyl groups is 1. The zero-order chi connectivity index (χ0) is 13.3. The van der Waals surface area contributed by atoms with Crippen molar-refractivity contribution in [2.75, 3.05) is 6.54 Å². The van der Waals surface area contributed by atoms with Gasteiger partial charge in [0.25, 0.3) is 0 Å². The standard InChI is InChI=1S/C12H13ClF3NO/c13-10-4-7(12(14,15)16)5-11(18)9(10)6-8-2-1-3-17-8/h4-5,8,17-18H,1-3,6H2. The molecule has 0 spiro atoms. The number of benzene rings is 1. The highest BCUT2D eigenvalue weighted by Gasteiger charge is 2.32. The first-order valence-corrected chi connectivity index (χ1v) is 6.07. The van der Waals surface area contributed by atoms with Gasteiger partial charge in [0.1, 0.15) is 5.75 Å². The second-order valence-electron chi connectivity index (χ2n) is 4.45. The Bertz CT molecular complexity index is 418. The van der Waals surface area contributed by atoms with E-state index in [4.69, 9.17) is 11.6 Å². The third kappa shape index (κ3) is 2.90. The molecule has 18 heavy (non-hydrogen) atoms. The zero-order valence-corrected chi connectivity index (χ0v) is 10.3. The highest BCUT2D eigenvalue weighted by molar-refractivity contribution is 6.31. The molecule has 2 rings (SSSR count). The highest BCUT2D eigenvalue weighted by Crippen LogP contribution is 2.37. The fourth-order valence-corrected chi connectivity index (χ4v) is 2.46. The smallest absolute Gasteiger partial charge is 0.416 e. The lowest BCUT2D eigenvalue weighted by atomic mass is 10.0. The summed E-state index contributed by atoms with van der Waals surface area (Å²) in [5.74, 6) is -0.386. The van der Waals surface area contributed by atoms with Crippen molar-refractivity contribution < 1.29 is 18.3 Å². The quantitative estimate of drug-likeness (QED) is 0.870. The van der Waals surface area contributed by atoms with Crippen LogP contribution in [0.5, 0.6) is 5.75 Å². The minimum atomic E-state index is -4.49. The molecule has 1 aliphatic heterocycles. The summed E-state index contributed by atoms with van der Waals surface area (Å²) in [5.41, 5.74) is -0.544. The first kappa shape index (κ1) is 13.5. The summed E-state index contributed by atoms with van der Waals surface area (Å²) in [5, 5.41) is 12.9. The van der Waals surface area contributed by atoms with Crippen molar-refractivity contribution in [1.82, 2.24) is 5.32 Å². The molecule has 1 aliphatic rings. The lowest BCUT2D eigenvalue weighted by Crippen LogP contribution is -2.23. The Morgan fingerprint density at radius 3 is 2.61 bits per heavy atom. The predicted octanol–water partition coefficient (Wildman–Crippen LogP) is 3.36. The van der Waals surface area contributed by atoms with E-state index in [-0.39, 0.29) is 16.8 Å². The van der Waals surface area contributed by atoms with Crippen molar-refractivity contribution in [3.63, 3.8) is 0 Å². The summed E-state index contributed by atoms with van der Waals surface area (Å²) in [4.78, 5) is 0. The Labute approximate surface area is 108 Å². The van der Waals surface area contributed by atoms with Crippen LogP contribution in [-0.2, 0) is 12.6 Å². The van der Waals surface area contributed by atoms with Crippen LogP contribution in [0.4, 0.5) is 13.2 Å². The second-order valence-corrected chi connectivity index (χ2v) is 4.86. The van der Waals surface area contributed by atoms with Gasteiger partial charge in [-0.3, -0.25) is 0 Å². The van der Waals surface area contributed by atoms with E-state index < -0.39 is 11.7 Å². The fourth-order valence-electron chi connectivity index (χ4n) is 2.17. The van der Waals surface area contributed by atoms with Crippen LogP contribution in [0.3, 0.4) is 0 Å². The molecule has 2 N–H and O–H groups in total. The van der Waals surface area contributed by atoms with Gasteiger partial charge in [0, 0.05) is 16.6 Å².